The van der Waals surface area contributed by atoms with Gasteiger partial charge in [0.15, 0.2) is 0 Å². The molecule has 0 unspecified atom stereocenters. The predicted molar refractivity (Wildman–Crippen MR) is 69.4 cm³/mol. The quantitative estimate of drug-likeness (QED) is 0.683. The van der Waals surface area contributed by atoms with Crippen LogP contribution in [0.25, 0.3) is 0 Å². The zero-order valence-corrected chi connectivity index (χ0v) is 11.2. The standard InChI is InChI=1S/C11H12F3NOS2/c1-2-16-10(17)18-9-4-3-8(11(12,13)14)5-7(9)6-15/h3-5H,2,6,15H2,1H3. The van der Waals surface area contributed by atoms with E-state index in [1.165, 1.54) is 6.07 Å². The molecule has 2 nitrogen and oxygen atoms in total. The zero-order valence-electron chi connectivity index (χ0n) is 9.58. The molecule has 18 heavy (non-hydrogen) atoms. The van der Waals surface area contributed by atoms with E-state index in [9.17, 15) is 13.2 Å². The minimum Gasteiger partial charge on any atom is -0.479 e. The topological polar surface area (TPSA) is 35.2 Å². The third kappa shape index (κ3) is 4.15. The van der Waals surface area contributed by atoms with Crippen molar-refractivity contribution < 1.29 is 17.9 Å². The maximum Gasteiger partial charge on any atom is 0.416 e. The third-order valence-corrected chi connectivity index (χ3v) is 3.33. The molecule has 0 aliphatic carbocycles. The molecule has 0 aromatic heterocycles. The lowest BCUT2D eigenvalue weighted by atomic mass is 10.1. The van der Waals surface area contributed by atoms with Gasteiger partial charge in [0.25, 0.3) is 0 Å². The number of thioether (sulfide) groups is 1. The molecular formula is C11H12F3NOS2. The highest BCUT2D eigenvalue weighted by Gasteiger charge is 2.30. The summed E-state index contributed by atoms with van der Waals surface area (Å²) in [6.07, 6.45) is -4.37. The van der Waals surface area contributed by atoms with Gasteiger partial charge in [0.2, 0.25) is 4.38 Å². The van der Waals surface area contributed by atoms with Gasteiger partial charge < -0.3 is 10.5 Å². The number of ether oxygens (including phenoxy) is 1. The molecule has 100 valence electrons. The fourth-order valence-electron chi connectivity index (χ4n) is 1.25. The van der Waals surface area contributed by atoms with Gasteiger partial charge >= 0.3 is 6.18 Å². The Bertz CT molecular complexity index is 435. The summed E-state index contributed by atoms with van der Waals surface area (Å²) in [5.74, 6) is 0. The van der Waals surface area contributed by atoms with E-state index in [-0.39, 0.29) is 10.9 Å². The van der Waals surface area contributed by atoms with E-state index in [1.807, 2.05) is 0 Å². The van der Waals surface area contributed by atoms with Gasteiger partial charge in [-0.2, -0.15) is 13.2 Å². The van der Waals surface area contributed by atoms with Crippen LogP contribution < -0.4 is 5.73 Å². The molecule has 0 spiro atoms. The average Bonchev–Trinajstić information content (AvgIpc) is 2.28. The smallest absolute Gasteiger partial charge is 0.416 e. The van der Waals surface area contributed by atoms with Gasteiger partial charge in [-0.3, -0.25) is 0 Å². The normalized spacial score (nSPS) is 11.4. The van der Waals surface area contributed by atoms with E-state index >= 15 is 0 Å². The lowest BCUT2D eigenvalue weighted by Crippen LogP contribution is -2.08. The van der Waals surface area contributed by atoms with E-state index in [1.54, 1.807) is 6.92 Å². The summed E-state index contributed by atoms with van der Waals surface area (Å²) >= 11 is 6.03. The number of rotatable bonds is 3. The Morgan fingerprint density at radius 2 is 2.11 bits per heavy atom. The van der Waals surface area contributed by atoms with Crippen LogP contribution in [0.2, 0.25) is 0 Å². The van der Waals surface area contributed by atoms with Crippen molar-refractivity contribution in [2.24, 2.45) is 5.73 Å². The Morgan fingerprint density at radius 1 is 1.44 bits per heavy atom. The second-order valence-electron chi connectivity index (χ2n) is 3.31. The van der Waals surface area contributed by atoms with Crippen molar-refractivity contribution in [1.29, 1.82) is 0 Å². The first kappa shape index (κ1) is 15.3. The molecule has 1 aromatic rings. The minimum atomic E-state index is -4.37. The van der Waals surface area contributed by atoms with E-state index < -0.39 is 11.7 Å². The van der Waals surface area contributed by atoms with Crippen LogP contribution in [0.5, 0.6) is 0 Å². The summed E-state index contributed by atoms with van der Waals surface area (Å²) in [5, 5.41) is 0. The van der Waals surface area contributed by atoms with Crippen LogP contribution in [0.1, 0.15) is 18.1 Å². The van der Waals surface area contributed by atoms with E-state index in [2.05, 4.69) is 0 Å². The summed E-state index contributed by atoms with van der Waals surface area (Å²) in [4.78, 5) is 0.587. The number of benzene rings is 1. The predicted octanol–water partition coefficient (Wildman–Crippen LogP) is 3.58. The fraction of sp³-hybridized carbons (Fsp3) is 0.364. The van der Waals surface area contributed by atoms with Crippen LogP contribution in [-0.2, 0) is 17.5 Å². The molecule has 0 aliphatic heterocycles. The second-order valence-corrected chi connectivity index (χ2v) is 4.95. The monoisotopic (exact) mass is 295 g/mol. The van der Waals surface area contributed by atoms with Crippen LogP contribution in [0.15, 0.2) is 23.1 Å². The largest absolute Gasteiger partial charge is 0.479 e. The molecule has 0 bridgehead atoms. The first-order valence-corrected chi connectivity index (χ1v) is 6.35. The maximum atomic E-state index is 12.5. The van der Waals surface area contributed by atoms with Crippen LogP contribution in [-0.4, -0.2) is 11.0 Å². The Morgan fingerprint density at radius 3 is 2.61 bits per heavy atom. The molecule has 0 fully saturated rings. The zero-order chi connectivity index (χ0) is 13.8. The SMILES string of the molecule is CCOC(=S)Sc1ccc(C(F)(F)F)cc1CN. The van der Waals surface area contributed by atoms with E-state index in [0.29, 0.717) is 17.1 Å². The van der Waals surface area contributed by atoms with Crippen molar-refractivity contribution in [2.45, 2.75) is 24.5 Å². The van der Waals surface area contributed by atoms with Crippen molar-refractivity contribution in [3.8, 4) is 0 Å². The molecule has 1 aromatic carbocycles. The van der Waals surface area contributed by atoms with Gasteiger partial charge in [-0.25, -0.2) is 0 Å². The highest BCUT2D eigenvalue weighted by Crippen LogP contribution is 2.33. The Labute approximate surface area is 113 Å². The van der Waals surface area contributed by atoms with Crippen LogP contribution >= 0.6 is 24.0 Å². The second kappa shape index (κ2) is 6.40. The van der Waals surface area contributed by atoms with Crippen molar-refractivity contribution in [2.75, 3.05) is 6.61 Å². The molecule has 0 radical (unpaired) electrons. The first-order valence-electron chi connectivity index (χ1n) is 5.13. The average molecular weight is 295 g/mol. The van der Waals surface area contributed by atoms with E-state index in [4.69, 9.17) is 22.7 Å². The van der Waals surface area contributed by atoms with Crippen molar-refractivity contribution in [1.82, 2.24) is 0 Å². The van der Waals surface area contributed by atoms with E-state index in [0.717, 1.165) is 23.9 Å². The third-order valence-electron chi connectivity index (χ3n) is 2.06. The van der Waals surface area contributed by atoms with Crippen LogP contribution in [0, 0.1) is 0 Å². The summed E-state index contributed by atoms with van der Waals surface area (Å²) in [6, 6.07) is 3.41. The Kier molecular flexibility index (Phi) is 5.43. The number of nitrogens with two attached hydrogens (primary N) is 1. The molecule has 0 heterocycles. The number of halogens is 3. The van der Waals surface area contributed by atoms with Crippen LogP contribution in [0.4, 0.5) is 13.2 Å². The fourth-order valence-corrected chi connectivity index (χ4v) is 2.40. The van der Waals surface area contributed by atoms with Gasteiger partial charge in [-0.1, -0.05) is 0 Å². The molecule has 0 atom stereocenters. The number of hydrogen-bond donors (Lipinski definition) is 1. The molecular weight excluding hydrogens is 283 g/mol. The summed E-state index contributed by atoms with van der Waals surface area (Å²) < 4.78 is 42.9. The molecule has 1 rings (SSSR count). The molecule has 0 saturated heterocycles. The minimum absolute atomic E-state index is 0.0149. The molecule has 0 amide bonds. The molecule has 2 N–H and O–H groups in total. The Hall–Kier alpha value is -0.790. The molecule has 7 heteroatoms. The summed E-state index contributed by atoms with van der Waals surface area (Å²) in [6.45, 7) is 2.22. The van der Waals surface area contributed by atoms with Crippen LogP contribution in [0.3, 0.4) is 0 Å². The lowest BCUT2D eigenvalue weighted by Gasteiger charge is -2.12. The lowest BCUT2D eigenvalue weighted by molar-refractivity contribution is -0.137. The van der Waals surface area contributed by atoms with Gasteiger partial charge in [0.05, 0.1) is 12.2 Å². The maximum absolute atomic E-state index is 12.5. The van der Waals surface area contributed by atoms with Crippen molar-refractivity contribution in [3.63, 3.8) is 0 Å². The Balaban J connectivity index is 2.97. The summed E-state index contributed by atoms with van der Waals surface area (Å²) in [7, 11) is 0. The number of hydrogen-bond acceptors (Lipinski definition) is 4. The van der Waals surface area contributed by atoms with Crippen molar-refractivity contribution >= 4 is 28.4 Å². The highest BCUT2D eigenvalue weighted by atomic mass is 32.2. The number of alkyl halides is 3. The van der Waals surface area contributed by atoms with Gasteiger partial charge in [0.1, 0.15) is 0 Å². The first-order chi connectivity index (χ1) is 8.38. The molecule has 0 aliphatic rings. The van der Waals surface area contributed by atoms with Gasteiger partial charge in [-0.05, 0) is 54.7 Å². The van der Waals surface area contributed by atoms with Gasteiger partial charge in [0, 0.05) is 11.4 Å². The summed E-state index contributed by atoms with van der Waals surface area (Å²) in [5.41, 5.74) is 5.13. The molecule has 0 saturated carbocycles. The van der Waals surface area contributed by atoms with Crippen molar-refractivity contribution in [3.05, 3.63) is 29.3 Å². The van der Waals surface area contributed by atoms with Gasteiger partial charge in [-0.15, -0.1) is 0 Å². The number of thiocarbonyl (C=S) groups is 1. The highest BCUT2D eigenvalue weighted by molar-refractivity contribution is 8.22.